The molecule has 0 aliphatic carbocycles. The number of carbonyl (C=O) groups excluding carboxylic acids is 1. The van der Waals surface area contributed by atoms with Crippen LogP contribution < -0.4 is 14.8 Å². The summed E-state index contributed by atoms with van der Waals surface area (Å²) >= 11 is 0. The van der Waals surface area contributed by atoms with Crippen molar-refractivity contribution in [3.8, 4) is 11.5 Å². The molecule has 0 spiro atoms. The monoisotopic (exact) mass is 431 g/mol. The van der Waals surface area contributed by atoms with Crippen molar-refractivity contribution >= 4 is 11.6 Å². The minimum Gasteiger partial charge on any atom is -0.491 e. The van der Waals surface area contributed by atoms with Crippen molar-refractivity contribution in [1.29, 1.82) is 0 Å². The zero-order chi connectivity index (χ0) is 22.8. The van der Waals surface area contributed by atoms with Crippen molar-refractivity contribution in [2.45, 2.75) is 45.4 Å². The fraction of sp³-hybridized carbons (Fsp3) is 0.321. The molecule has 32 heavy (non-hydrogen) atoms. The number of rotatable bonds is 11. The normalized spacial score (nSPS) is 11.1. The van der Waals surface area contributed by atoms with E-state index in [2.05, 4.69) is 50.4 Å². The van der Waals surface area contributed by atoms with Gasteiger partial charge in [-0.25, -0.2) is 0 Å². The van der Waals surface area contributed by atoms with Crippen LogP contribution in [0, 0.1) is 0 Å². The highest BCUT2D eigenvalue weighted by Crippen LogP contribution is 2.28. The number of ether oxygens (including phenoxy) is 2. The smallest absolute Gasteiger partial charge is 0.262 e. The maximum absolute atomic E-state index is 12.4. The summed E-state index contributed by atoms with van der Waals surface area (Å²) in [7, 11) is 0. The van der Waals surface area contributed by atoms with Gasteiger partial charge in [-0.05, 0) is 60.1 Å². The van der Waals surface area contributed by atoms with Gasteiger partial charge in [0.05, 0.1) is 12.3 Å². The van der Waals surface area contributed by atoms with Gasteiger partial charge >= 0.3 is 0 Å². The molecular formula is C28H33NO3. The SMILES string of the molecule is CCC(C)(C)c1ccc(OCC(=O)Nc2ccccc2OCCCc2ccccc2)cc1. The maximum Gasteiger partial charge on any atom is 0.262 e. The molecule has 1 amide bonds. The van der Waals surface area contributed by atoms with E-state index in [9.17, 15) is 4.79 Å². The van der Waals surface area contributed by atoms with Crippen molar-refractivity contribution in [1.82, 2.24) is 0 Å². The number of benzene rings is 3. The molecule has 0 radical (unpaired) electrons. The summed E-state index contributed by atoms with van der Waals surface area (Å²) in [6.07, 6.45) is 2.92. The Bertz CT molecular complexity index is 981. The fourth-order valence-electron chi connectivity index (χ4n) is 3.34. The average molecular weight is 432 g/mol. The van der Waals surface area contributed by atoms with Crippen molar-refractivity contribution in [2.24, 2.45) is 0 Å². The summed E-state index contributed by atoms with van der Waals surface area (Å²) in [6.45, 7) is 7.15. The van der Waals surface area contributed by atoms with Crippen LogP contribution in [0.15, 0.2) is 78.9 Å². The van der Waals surface area contributed by atoms with Crippen LogP contribution in [0.25, 0.3) is 0 Å². The third-order valence-corrected chi connectivity index (χ3v) is 5.76. The number of nitrogens with one attached hydrogen (secondary N) is 1. The molecule has 0 saturated heterocycles. The lowest BCUT2D eigenvalue weighted by Crippen LogP contribution is -2.21. The Balaban J connectivity index is 1.47. The third-order valence-electron chi connectivity index (χ3n) is 5.76. The van der Waals surface area contributed by atoms with E-state index in [-0.39, 0.29) is 17.9 Å². The van der Waals surface area contributed by atoms with Crippen molar-refractivity contribution in [3.63, 3.8) is 0 Å². The first-order valence-electron chi connectivity index (χ1n) is 11.3. The van der Waals surface area contributed by atoms with E-state index in [1.807, 2.05) is 54.6 Å². The lowest BCUT2D eigenvalue weighted by atomic mass is 9.82. The summed E-state index contributed by atoms with van der Waals surface area (Å²) in [6, 6.07) is 25.8. The van der Waals surface area contributed by atoms with Gasteiger partial charge in [0, 0.05) is 0 Å². The van der Waals surface area contributed by atoms with Gasteiger partial charge in [-0.15, -0.1) is 0 Å². The molecule has 0 fully saturated rings. The number of carbonyl (C=O) groups is 1. The molecule has 0 unspecified atom stereocenters. The Kier molecular flexibility index (Phi) is 8.32. The molecule has 0 aromatic heterocycles. The van der Waals surface area contributed by atoms with Crippen LogP contribution in [0.4, 0.5) is 5.69 Å². The van der Waals surface area contributed by atoms with Crippen LogP contribution in [-0.4, -0.2) is 19.1 Å². The van der Waals surface area contributed by atoms with Crippen LogP contribution in [0.5, 0.6) is 11.5 Å². The number of amides is 1. The molecule has 3 aromatic rings. The lowest BCUT2D eigenvalue weighted by Gasteiger charge is -2.23. The molecule has 0 aliphatic heterocycles. The van der Waals surface area contributed by atoms with Gasteiger partial charge in [0.1, 0.15) is 11.5 Å². The van der Waals surface area contributed by atoms with Crippen LogP contribution in [-0.2, 0) is 16.6 Å². The molecule has 0 atom stereocenters. The Labute approximate surface area is 191 Å². The molecule has 4 heteroatoms. The number of aryl methyl sites for hydroxylation is 1. The molecule has 4 nitrogen and oxygen atoms in total. The second-order valence-electron chi connectivity index (χ2n) is 8.53. The number of hydrogen-bond donors (Lipinski definition) is 1. The molecular weight excluding hydrogens is 398 g/mol. The minimum atomic E-state index is -0.219. The first-order chi connectivity index (χ1) is 15.5. The molecule has 3 aromatic carbocycles. The van der Waals surface area contributed by atoms with E-state index in [4.69, 9.17) is 9.47 Å². The van der Waals surface area contributed by atoms with Crippen molar-refractivity contribution in [2.75, 3.05) is 18.5 Å². The summed E-state index contributed by atoms with van der Waals surface area (Å²) in [5.74, 6) is 1.13. The van der Waals surface area contributed by atoms with Crippen LogP contribution in [0.3, 0.4) is 0 Å². The Morgan fingerprint density at radius 1 is 0.875 bits per heavy atom. The summed E-state index contributed by atoms with van der Waals surface area (Å²) in [5.41, 5.74) is 3.33. The Morgan fingerprint density at radius 3 is 2.28 bits per heavy atom. The highest BCUT2D eigenvalue weighted by molar-refractivity contribution is 5.93. The Morgan fingerprint density at radius 2 is 1.56 bits per heavy atom. The third kappa shape index (κ3) is 6.88. The minimum absolute atomic E-state index is 0.0567. The highest BCUT2D eigenvalue weighted by atomic mass is 16.5. The summed E-state index contributed by atoms with van der Waals surface area (Å²) in [4.78, 5) is 12.4. The largest absolute Gasteiger partial charge is 0.491 e. The fourth-order valence-corrected chi connectivity index (χ4v) is 3.34. The second kappa shape index (κ2) is 11.4. The zero-order valence-corrected chi connectivity index (χ0v) is 19.3. The van der Waals surface area contributed by atoms with Gasteiger partial charge in [0.15, 0.2) is 6.61 Å². The lowest BCUT2D eigenvalue weighted by molar-refractivity contribution is -0.118. The van der Waals surface area contributed by atoms with Crippen LogP contribution in [0.1, 0.15) is 44.7 Å². The van der Waals surface area contributed by atoms with Gasteiger partial charge in [0.2, 0.25) is 0 Å². The van der Waals surface area contributed by atoms with E-state index in [1.165, 1.54) is 11.1 Å². The van der Waals surface area contributed by atoms with E-state index >= 15 is 0 Å². The molecule has 168 valence electrons. The highest BCUT2D eigenvalue weighted by Gasteiger charge is 2.17. The van der Waals surface area contributed by atoms with Gasteiger partial charge in [-0.1, -0.05) is 75.4 Å². The van der Waals surface area contributed by atoms with E-state index in [0.717, 1.165) is 19.3 Å². The number of anilines is 1. The molecule has 0 heterocycles. The predicted octanol–water partition coefficient (Wildman–Crippen LogP) is 6.40. The standard InChI is InChI=1S/C28H33NO3/c1-4-28(2,3)23-16-18-24(19-17-23)32-21-27(30)29-25-14-8-9-15-26(25)31-20-10-13-22-11-6-5-7-12-22/h5-9,11-12,14-19H,4,10,13,20-21H2,1-3H3,(H,29,30). The van der Waals surface area contributed by atoms with Crippen LogP contribution >= 0.6 is 0 Å². The number of para-hydroxylation sites is 2. The second-order valence-corrected chi connectivity index (χ2v) is 8.53. The van der Waals surface area contributed by atoms with E-state index in [1.54, 1.807) is 0 Å². The summed E-state index contributed by atoms with van der Waals surface area (Å²) in [5, 5.41) is 2.90. The average Bonchev–Trinajstić information content (AvgIpc) is 2.82. The van der Waals surface area contributed by atoms with Gasteiger partial charge < -0.3 is 14.8 Å². The van der Waals surface area contributed by atoms with Crippen molar-refractivity contribution in [3.05, 3.63) is 90.0 Å². The van der Waals surface area contributed by atoms with Gasteiger partial charge in [-0.2, -0.15) is 0 Å². The molecule has 0 saturated carbocycles. The van der Waals surface area contributed by atoms with Gasteiger partial charge in [-0.3, -0.25) is 4.79 Å². The quantitative estimate of drug-likeness (QED) is 0.357. The van der Waals surface area contributed by atoms with Gasteiger partial charge in [0.25, 0.3) is 5.91 Å². The topological polar surface area (TPSA) is 47.6 Å². The number of hydrogen-bond acceptors (Lipinski definition) is 3. The Hall–Kier alpha value is -3.27. The summed E-state index contributed by atoms with van der Waals surface area (Å²) < 4.78 is 11.6. The van der Waals surface area contributed by atoms with Crippen LogP contribution in [0.2, 0.25) is 0 Å². The predicted molar refractivity (Wildman–Crippen MR) is 131 cm³/mol. The molecule has 0 bridgehead atoms. The molecule has 0 aliphatic rings. The zero-order valence-electron chi connectivity index (χ0n) is 19.3. The maximum atomic E-state index is 12.4. The van der Waals surface area contributed by atoms with E-state index in [0.29, 0.717) is 23.8 Å². The van der Waals surface area contributed by atoms with E-state index < -0.39 is 0 Å². The first kappa shape index (κ1) is 23.4. The van der Waals surface area contributed by atoms with Crippen molar-refractivity contribution < 1.29 is 14.3 Å². The first-order valence-corrected chi connectivity index (χ1v) is 11.3. The molecule has 3 rings (SSSR count). The molecule has 1 N–H and O–H groups in total.